The number of hydrogen-bond acceptors (Lipinski definition) is 1. The molecule has 0 aromatic rings. The van der Waals surface area contributed by atoms with Gasteiger partial charge in [0.05, 0.1) is 6.10 Å². The van der Waals surface area contributed by atoms with Gasteiger partial charge >= 0.3 is 0 Å². The van der Waals surface area contributed by atoms with Crippen LogP contribution in [0.2, 0.25) is 0 Å². The molecule has 1 N–H and O–H groups in total. The molecule has 0 amide bonds. The van der Waals surface area contributed by atoms with E-state index in [4.69, 9.17) is 0 Å². The SMILES string of the molecule is CCC(CCC(C)C1CC=C2C3=C(CCC21C)C1(C)CC[C@H](O)[C@@H](C)C1CC3)C(C)C. The largest absolute Gasteiger partial charge is 0.393 e. The third-order valence-corrected chi connectivity index (χ3v) is 11.2. The summed E-state index contributed by atoms with van der Waals surface area (Å²) >= 11 is 0. The fraction of sp³-hybridized carbons (Fsp3) is 0.867. The van der Waals surface area contributed by atoms with Crippen LogP contribution in [0.5, 0.6) is 0 Å². The van der Waals surface area contributed by atoms with Gasteiger partial charge in [-0.25, -0.2) is 0 Å². The first kappa shape index (κ1) is 23.6. The molecule has 1 heteroatoms. The molecule has 4 aliphatic carbocycles. The minimum Gasteiger partial charge on any atom is -0.393 e. The van der Waals surface area contributed by atoms with Gasteiger partial charge in [0.1, 0.15) is 0 Å². The molecule has 0 bridgehead atoms. The summed E-state index contributed by atoms with van der Waals surface area (Å²) < 4.78 is 0. The number of fused-ring (bicyclic) bond motifs is 4. The third-order valence-electron chi connectivity index (χ3n) is 11.2. The van der Waals surface area contributed by atoms with Gasteiger partial charge < -0.3 is 5.11 Å². The molecule has 0 saturated heterocycles. The molecule has 6 unspecified atom stereocenters. The van der Waals surface area contributed by atoms with Crippen LogP contribution < -0.4 is 0 Å². The molecule has 1 nitrogen and oxygen atoms in total. The summed E-state index contributed by atoms with van der Waals surface area (Å²) in [6.07, 6.45) is 15.5. The van der Waals surface area contributed by atoms with E-state index in [1.807, 2.05) is 5.57 Å². The summed E-state index contributed by atoms with van der Waals surface area (Å²) in [7, 11) is 0. The Balaban J connectivity index is 1.53. The van der Waals surface area contributed by atoms with Crippen molar-refractivity contribution in [2.45, 2.75) is 119 Å². The Morgan fingerprint density at radius 2 is 1.77 bits per heavy atom. The second-order valence-electron chi connectivity index (χ2n) is 12.8. The highest BCUT2D eigenvalue weighted by molar-refractivity contribution is 5.49. The first-order valence-corrected chi connectivity index (χ1v) is 13.7. The van der Waals surface area contributed by atoms with Crippen LogP contribution in [0.15, 0.2) is 22.8 Å². The molecular formula is C30H50O. The maximum absolute atomic E-state index is 10.5. The average Bonchev–Trinajstić information content (AvgIpc) is 3.08. The highest BCUT2D eigenvalue weighted by Crippen LogP contribution is 2.64. The molecule has 31 heavy (non-hydrogen) atoms. The fourth-order valence-corrected chi connectivity index (χ4v) is 8.89. The van der Waals surface area contributed by atoms with Crippen LogP contribution in [0.4, 0.5) is 0 Å². The molecule has 0 spiro atoms. The lowest BCUT2D eigenvalue weighted by molar-refractivity contribution is -0.0287. The molecule has 4 rings (SSSR count). The molecular weight excluding hydrogens is 376 g/mol. The van der Waals surface area contributed by atoms with Gasteiger partial charge in [0.15, 0.2) is 0 Å². The highest BCUT2D eigenvalue weighted by atomic mass is 16.3. The Morgan fingerprint density at radius 1 is 1.03 bits per heavy atom. The molecule has 1 saturated carbocycles. The van der Waals surface area contributed by atoms with Gasteiger partial charge in [-0.05, 0) is 109 Å². The third kappa shape index (κ3) is 3.79. The molecule has 8 atom stereocenters. The summed E-state index contributed by atoms with van der Waals surface area (Å²) in [6.45, 7) is 17.3. The van der Waals surface area contributed by atoms with E-state index in [1.54, 1.807) is 11.1 Å². The minimum absolute atomic E-state index is 0.0807. The summed E-state index contributed by atoms with van der Waals surface area (Å²) in [5, 5.41) is 10.5. The molecule has 0 heterocycles. The topological polar surface area (TPSA) is 20.2 Å². The van der Waals surface area contributed by atoms with Crippen LogP contribution in [0.1, 0.15) is 113 Å². The summed E-state index contributed by atoms with van der Waals surface area (Å²) in [4.78, 5) is 0. The summed E-state index contributed by atoms with van der Waals surface area (Å²) in [6, 6.07) is 0. The number of hydrogen-bond donors (Lipinski definition) is 1. The van der Waals surface area contributed by atoms with Gasteiger partial charge in [0.25, 0.3) is 0 Å². The zero-order valence-corrected chi connectivity index (χ0v) is 21.6. The van der Waals surface area contributed by atoms with Crippen LogP contribution >= 0.6 is 0 Å². The van der Waals surface area contributed by atoms with Gasteiger partial charge in [-0.15, -0.1) is 0 Å². The molecule has 0 aromatic heterocycles. The zero-order chi connectivity index (χ0) is 22.6. The average molecular weight is 427 g/mol. The predicted molar refractivity (Wildman–Crippen MR) is 133 cm³/mol. The smallest absolute Gasteiger partial charge is 0.0569 e. The van der Waals surface area contributed by atoms with Crippen LogP contribution in [0.3, 0.4) is 0 Å². The van der Waals surface area contributed by atoms with E-state index in [-0.39, 0.29) is 6.10 Å². The van der Waals surface area contributed by atoms with Crippen molar-refractivity contribution in [2.75, 3.05) is 0 Å². The van der Waals surface area contributed by atoms with E-state index in [0.29, 0.717) is 22.7 Å². The van der Waals surface area contributed by atoms with E-state index in [0.717, 1.165) is 30.1 Å². The number of rotatable bonds is 6. The highest BCUT2D eigenvalue weighted by Gasteiger charge is 2.54. The van der Waals surface area contributed by atoms with Crippen molar-refractivity contribution in [3.05, 3.63) is 22.8 Å². The monoisotopic (exact) mass is 426 g/mol. The molecule has 1 fully saturated rings. The number of aliphatic hydroxyl groups excluding tert-OH is 1. The Hall–Kier alpha value is -0.560. The lowest BCUT2D eigenvalue weighted by atomic mass is 9.49. The maximum atomic E-state index is 10.5. The quantitative estimate of drug-likeness (QED) is 0.452. The molecule has 0 aromatic carbocycles. The Labute approximate surface area is 193 Å². The van der Waals surface area contributed by atoms with Crippen LogP contribution in [-0.2, 0) is 0 Å². The van der Waals surface area contributed by atoms with E-state index in [1.165, 1.54) is 57.8 Å². The van der Waals surface area contributed by atoms with Crippen LogP contribution in [0.25, 0.3) is 0 Å². The van der Waals surface area contributed by atoms with Crippen molar-refractivity contribution in [2.24, 2.45) is 46.3 Å². The van der Waals surface area contributed by atoms with Crippen LogP contribution in [-0.4, -0.2) is 11.2 Å². The van der Waals surface area contributed by atoms with Crippen molar-refractivity contribution in [1.29, 1.82) is 0 Å². The summed E-state index contributed by atoms with van der Waals surface area (Å²) in [5.41, 5.74) is 6.09. The first-order valence-electron chi connectivity index (χ1n) is 13.7. The van der Waals surface area contributed by atoms with Crippen molar-refractivity contribution in [1.82, 2.24) is 0 Å². The maximum Gasteiger partial charge on any atom is 0.0569 e. The minimum atomic E-state index is -0.0807. The normalized spacial score (nSPS) is 42.0. The summed E-state index contributed by atoms with van der Waals surface area (Å²) in [5.74, 6) is 4.50. The number of allylic oxidation sites excluding steroid dienone is 4. The van der Waals surface area contributed by atoms with Gasteiger partial charge in [-0.2, -0.15) is 0 Å². The van der Waals surface area contributed by atoms with Gasteiger partial charge in [0, 0.05) is 0 Å². The molecule has 0 aliphatic heterocycles. The Kier molecular flexibility index (Phi) is 6.59. The Morgan fingerprint density at radius 3 is 2.45 bits per heavy atom. The second kappa shape index (κ2) is 8.66. The first-order chi connectivity index (χ1) is 14.6. The van der Waals surface area contributed by atoms with E-state index in [9.17, 15) is 5.11 Å². The lowest BCUT2D eigenvalue weighted by Crippen LogP contribution is -2.48. The second-order valence-corrected chi connectivity index (χ2v) is 12.8. The molecule has 0 radical (unpaired) electrons. The molecule has 176 valence electrons. The van der Waals surface area contributed by atoms with Gasteiger partial charge in [0.2, 0.25) is 0 Å². The predicted octanol–water partition coefficient (Wildman–Crippen LogP) is 8.34. The van der Waals surface area contributed by atoms with Gasteiger partial charge in [-0.3, -0.25) is 0 Å². The number of aliphatic hydroxyl groups is 1. The standard InChI is InChI=1S/C30H50O/c1-8-22(19(2)3)10-9-20(4)24-13-14-26-23-11-12-25-21(5)28(31)16-18-30(25,7)27(23)15-17-29(24,26)6/h14,19-22,24-25,28,31H,8-13,15-18H2,1-7H3/t20?,21-,22?,24?,25?,28-,29?,30?/m0/s1. The van der Waals surface area contributed by atoms with Crippen molar-refractivity contribution >= 4 is 0 Å². The fourth-order valence-electron chi connectivity index (χ4n) is 8.89. The van der Waals surface area contributed by atoms with Crippen molar-refractivity contribution < 1.29 is 5.11 Å². The van der Waals surface area contributed by atoms with Crippen LogP contribution in [0, 0.1) is 46.3 Å². The lowest BCUT2D eigenvalue weighted by Gasteiger charge is -2.55. The zero-order valence-electron chi connectivity index (χ0n) is 21.6. The van der Waals surface area contributed by atoms with E-state index < -0.39 is 0 Å². The molecule has 4 aliphatic rings. The van der Waals surface area contributed by atoms with Gasteiger partial charge in [-0.1, -0.05) is 73.0 Å². The van der Waals surface area contributed by atoms with E-state index in [2.05, 4.69) is 54.5 Å². The van der Waals surface area contributed by atoms with Crippen molar-refractivity contribution in [3.63, 3.8) is 0 Å². The Bertz CT molecular complexity index is 729. The van der Waals surface area contributed by atoms with E-state index >= 15 is 0 Å². The van der Waals surface area contributed by atoms with Crippen molar-refractivity contribution in [3.8, 4) is 0 Å².